The minimum Gasteiger partial charge on any atom is -0.365 e. The van der Waals surface area contributed by atoms with Crippen LogP contribution in [-0.2, 0) is 13.0 Å². The van der Waals surface area contributed by atoms with Gasteiger partial charge in [-0.25, -0.2) is 0 Å². The van der Waals surface area contributed by atoms with Crippen LogP contribution in [0.25, 0.3) is 11.1 Å². The van der Waals surface area contributed by atoms with Crippen molar-refractivity contribution in [3.05, 3.63) is 76.2 Å². The predicted molar refractivity (Wildman–Crippen MR) is 129 cm³/mol. The number of carbonyl (C=O) groups excluding carboxylic acids is 2. The number of hydrogen-bond donors (Lipinski definition) is 2. The fourth-order valence-electron chi connectivity index (χ4n) is 3.83. The van der Waals surface area contributed by atoms with Crippen molar-refractivity contribution < 1.29 is 9.59 Å². The summed E-state index contributed by atoms with van der Waals surface area (Å²) in [6, 6.07) is 17.9. The molecule has 2 heterocycles. The SMILES string of the molecule is CC(C)N1CCc2c(sc(NC(=O)c3ccc(-c4ccccc4)cc3)c2C(N)=O)C1.Cl. The van der Waals surface area contributed by atoms with E-state index in [0.717, 1.165) is 41.1 Å². The van der Waals surface area contributed by atoms with Crippen molar-refractivity contribution in [2.75, 3.05) is 11.9 Å². The first kappa shape index (κ1) is 23.0. The highest BCUT2D eigenvalue weighted by molar-refractivity contribution is 7.17. The summed E-state index contributed by atoms with van der Waals surface area (Å²) in [5, 5.41) is 3.48. The molecule has 31 heavy (non-hydrogen) atoms. The van der Waals surface area contributed by atoms with Crippen LogP contribution in [0.1, 0.15) is 45.0 Å². The molecule has 2 aromatic carbocycles. The van der Waals surface area contributed by atoms with Gasteiger partial charge < -0.3 is 11.1 Å². The average Bonchev–Trinajstić information content (AvgIpc) is 3.11. The molecule has 0 radical (unpaired) electrons. The van der Waals surface area contributed by atoms with Gasteiger partial charge in [-0.15, -0.1) is 23.7 Å². The Bertz CT molecular complexity index is 1080. The van der Waals surface area contributed by atoms with Crippen LogP contribution in [0.15, 0.2) is 54.6 Å². The fraction of sp³-hybridized carbons (Fsp3) is 0.250. The summed E-state index contributed by atoms with van der Waals surface area (Å²) in [6.07, 6.45) is 0.768. The topological polar surface area (TPSA) is 75.4 Å². The van der Waals surface area contributed by atoms with Crippen molar-refractivity contribution >= 4 is 40.6 Å². The van der Waals surface area contributed by atoms with Crippen molar-refractivity contribution in [3.8, 4) is 11.1 Å². The molecule has 0 bridgehead atoms. The van der Waals surface area contributed by atoms with E-state index >= 15 is 0 Å². The van der Waals surface area contributed by atoms with Crippen molar-refractivity contribution in [1.82, 2.24) is 4.90 Å². The maximum atomic E-state index is 12.9. The van der Waals surface area contributed by atoms with Gasteiger partial charge in [0, 0.05) is 29.6 Å². The van der Waals surface area contributed by atoms with E-state index in [9.17, 15) is 9.59 Å². The largest absolute Gasteiger partial charge is 0.365 e. The Labute approximate surface area is 192 Å². The van der Waals surface area contributed by atoms with Crippen molar-refractivity contribution in [3.63, 3.8) is 0 Å². The summed E-state index contributed by atoms with van der Waals surface area (Å²) < 4.78 is 0. The fourth-order valence-corrected chi connectivity index (χ4v) is 5.11. The number of anilines is 1. The van der Waals surface area contributed by atoms with Crippen LogP contribution in [0.5, 0.6) is 0 Å². The van der Waals surface area contributed by atoms with Crippen LogP contribution < -0.4 is 11.1 Å². The number of nitrogens with one attached hydrogen (secondary N) is 1. The highest BCUT2D eigenvalue weighted by Crippen LogP contribution is 2.37. The van der Waals surface area contributed by atoms with Crippen molar-refractivity contribution in [1.29, 1.82) is 0 Å². The van der Waals surface area contributed by atoms with Crippen LogP contribution in [0.2, 0.25) is 0 Å². The Morgan fingerprint density at radius 3 is 2.29 bits per heavy atom. The van der Waals surface area contributed by atoms with Crippen molar-refractivity contribution in [2.45, 2.75) is 32.9 Å². The summed E-state index contributed by atoms with van der Waals surface area (Å²) in [7, 11) is 0. The Hall–Kier alpha value is -2.67. The summed E-state index contributed by atoms with van der Waals surface area (Å²) in [6.45, 7) is 5.99. The third kappa shape index (κ3) is 4.82. The highest BCUT2D eigenvalue weighted by atomic mass is 35.5. The monoisotopic (exact) mass is 455 g/mol. The quantitative estimate of drug-likeness (QED) is 0.571. The molecule has 0 atom stereocenters. The Morgan fingerprint density at radius 1 is 1.03 bits per heavy atom. The number of nitrogens with two attached hydrogens (primary N) is 1. The molecule has 5 nitrogen and oxygen atoms in total. The maximum Gasteiger partial charge on any atom is 0.256 e. The van der Waals surface area contributed by atoms with Gasteiger partial charge in [0.2, 0.25) is 0 Å². The van der Waals surface area contributed by atoms with Crippen LogP contribution >= 0.6 is 23.7 Å². The number of primary amides is 1. The lowest BCUT2D eigenvalue weighted by Gasteiger charge is -2.30. The van der Waals surface area contributed by atoms with Crippen LogP contribution in [0.3, 0.4) is 0 Å². The smallest absolute Gasteiger partial charge is 0.256 e. The average molecular weight is 456 g/mol. The molecule has 0 fully saturated rings. The zero-order valence-electron chi connectivity index (χ0n) is 17.6. The standard InChI is InChI=1S/C24H25N3O2S.ClH/c1-15(2)27-13-12-19-20(14-27)30-24(21(19)22(25)28)26-23(29)18-10-8-17(9-11-18)16-6-4-3-5-7-16;/h3-11,15H,12-14H2,1-2H3,(H2,25,28)(H,26,29);1H. The number of nitrogens with zero attached hydrogens (tertiary/aromatic N) is 1. The molecular formula is C24H26ClN3O2S. The number of rotatable bonds is 5. The Morgan fingerprint density at radius 2 is 1.68 bits per heavy atom. The minimum atomic E-state index is -0.486. The normalized spacial score (nSPS) is 13.4. The van der Waals surface area contributed by atoms with E-state index in [0.29, 0.717) is 22.2 Å². The summed E-state index contributed by atoms with van der Waals surface area (Å²) >= 11 is 1.46. The number of benzene rings is 2. The number of fused-ring (bicyclic) bond motifs is 1. The molecule has 1 aliphatic heterocycles. The summed E-state index contributed by atoms with van der Waals surface area (Å²) in [5.41, 5.74) is 9.82. The van der Waals surface area contributed by atoms with E-state index in [4.69, 9.17) is 5.73 Å². The first-order valence-corrected chi connectivity index (χ1v) is 10.9. The van der Waals surface area contributed by atoms with E-state index < -0.39 is 5.91 Å². The van der Waals surface area contributed by atoms with Gasteiger partial charge in [0.25, 0.3) is 11.8 Å². The lowest BCUT2D eigenvalue weighted by Crippen LogP contribution is -2.35. The van der Waals surface area contributed by atoms with Crippen molar-refractivity contribution in [2.24, 2.45) is 5.73 Å². The molecule has 0 aliphatic carbocycles. The Balaban J connectivity index is 0.00000272. The molecule has 0 spiro atoms. The van der Waals surface area contributed by atoms with Gasteiger partial charge in [-0.05, 0) is 49.1 Å². The minimum absolute atomic E-state index is 0. The van der Waals surface area contributed by atoms with E-state index in [1.54, 1.807) is 12.1 Å². The van der Waals surface area contributed by atoms with Gasteiger partial charge in [-0.1, -0.05) is 42.5 Å². The summed E-state index contributed by atoms with van der Waals surface area (Å²) in [4.78, 5) is 28.5. The number of hydrogen-bond acceptors (Lipinski definition) is 4. The second-order valence-corrected chi connectivity index (χ2v) is 8.89. The zero-order valence-corrected chi connectivity index (χ0v) is 19.2. The summed E-state index contributed by atoms with van der Waals surface area (Å²) in [5.74, 6) is -0.725. The molecule has 0 saturated carbocycles. The zero-order chi connectivity index (χ0) is 21.3. The Kier molecular flexibility index (Phi) is 7.15. The molecule has 1 aromatic heterocycles. The molecule has 0 unspecified atom stereocenters. The van der Waals surface area contributed by atoms with E-state index in [1.165, 1.54) is 11.3 Å². The molecule has 3 aromatic rings. The molecule has 2 amide bonds. The van der Waals surface area contributed by atoms with Crippen LogP contribution in [0.4, 0.5) is 5.00 Å². The van der Waals surface area contributed by atoms with E-state index in [2.05, 4.69) is 24.1 Å². The molecule has 4 rings (SSSR count). The molecule has 0 saturated heterocycles. The second-order valence-electron chi connectivity index (χ2n) is 7.78. The molecule has 1 aliphatic rings. The number of amides is 2. The molecular weight excluding hydrogens is 430 g/mol. The van der Waals surface area contributed by atoms with E-state index in [1.807, 2.05) is 42.5 Å². The first-order valence-electron chi connectivity index (χ1n) is 10.1. The lowest BCUT2D eigenvalue weighted by atomic mass is 10.0. The highest BCUT2D eigenvalue weighted by Gasteiger charge is 2.28. The third-order valence-electron chi connectivity index (χ3n) is 5.54. The van der Waals surface area contributed by atoms with Crippen LogP contribution in [-0.4, -0.2) is 29.3 Å². The predicted octanol–water partition coefficient (Wildman–Crippen LogP) is 4.95. The number of halogens is 1. The third-order valence-corrected chi connectivity index (χ3v) is 6.68. The lowest BCUT2D eigenvalue weighted by molar-refractivity contribution is 0.0999. The van der Waals surface area contributed by atoms with Gasteiger partial charge in [0.15, 0.2) is 0 Å². The van der Waals surface area contributed by atoms with E-state index in [-0.39, 0.29) is 18.3 Å². The van der Waals surface area contributed by atoms with Gasteiger partial charge in [-0.3, -0.25) is 14.5 Å². The molecule has 3 N–H and O–H groups in total. The maximum absolute atomic E-state index is 12.9. The molecule has 7 heteroatoms. The van der Waals surface area contributed by atoms with Crippen LogP contribution in [0, 0.1) is 0 Å². The number of thiophene rings is 1. The first-order chi connectivity index (χ1) is 14.4. The molecule has 162 valence electrons. The number of carbonyl (C=O) groups is 2. The van der Waals surface area contributed by atoms with Gasteiger partial charge in [0.1, 0.15) is 5.00 Å². The van der Waals surface area contributed by atoms with Gasteiger partial charge in [-0.2, -0.15) is 0 Å². The van der Waals surface area contributed by atoms with Gasteiger partial charge >= 0.3 is 0 Å². The van der Waals surface area contributed by atoms with Gasteiger partial charge in [0.05, 0.1) is 5.56 Å². The second kappa shape index (κ2) is 9.64.